The van der Waals surface area contributed by atoms with Crippen molar-refractivity contribution in [2.75, 3.05) is 20.8 Å². The van der Waals surface area contributed by atoms with Crippen LogP contribution in [0.5, 0.6) is 11.5 Å². The van der Waals surface area contributed by atoms with Crippen LogP contribution in [0, 0.1) is 0 Å². The van der Waals surface area contributed by atoms with Crippen LogP contribution in [-0.4, -0.2) is 38.7 Å². The van der Waals surface area contributed by atoms with E-state index in [1.807, 2.05) is 30.3 Å². The topological polar surface area (TPSA) is 73.9 Å². The molecule has 0 aliphatic rings. The van der Waals surface area contributed by atoms with Crippen LogP contribution in [0.15, 0.2) is 48.5 Å². The minimum absolute atomic E-state index is 0.0412. The maximum absolute atomic E-state index is 12.3. The Kier molecular flexibility index (Phi) is 8.52. The summed E-state index contributed by atoms with van der Waals surface area (Å²) < 4.78 is 15.7. The molecular formula is C23H29NO5. The first kappa shape index (κ1) is 22.3. The largest absolute Gasteiger partial charge is 0.493 e. The van der Waals surface area contributed by atoms with Gasteiger partial charge in [-0.15, -0.1) is 0 Å². The molecule has 2 aromatic rings. The maximum atomic E-state index is 12.3. The van der Waals surface area contributed by atoms with E-state index in [-0.39, 0.29) is 18.2 Å². The highest BCUT2D eigenvalue weighted by atomic mass is 16.5. The van der Waals surface area contributed by atoms with Crippen molar-refractivity contribution >= 4 is 11.9 Å². The van der Waals surface area contributed by atoms with Crippen molar-refractivity contribution in [3.8, 4) is 11.5 Å². The van der Waals surface area contributed by atoms with Crippen LogP contribution in [0.4, 0.5) is 0 Å². The van der Waals surface area contributed by atoms with Crippen molar-refractivity contribution in [3.05, 3.63) is 59.7 Å². The van der Waals surface area contributed by atoms with Crippen LogP contribution in [0.1, 0.15) is 37.3 Å². The van der Waals surface area contributed by atoms with Gasteiger partial charge < -0.3 is 19.5 Å². The summed E-state index contributed by atoms with van der Waals surface area (Å²) in [5.74, 6) is 0.557. The third-order valence-corrected chi connectivity index (χ3v) is 4.76. The Morgan fingerprint density at radius 3 is 2.31 bits per heavy atom. The van der Waals surface area contributed by atoms with Crippen molar-refractivity contribution in [2.24, 2.45) is 0 Å². The Hall–Kier alpha value is -3.02. The Balaban J connectivity index is 1.86. The van der Waals surface area contributed by atoms with Crippen LogP contribution in [0.2, 0.25) is 0 Å². The number of esters is 1. The molecule has 6 heteroatoms. The van der Waals surface area contributed by atoms with Crippen molar-refractivity contribution in [3.63, 3.8) is 0 Å². The molecule has 0 heterocycles. The van der Waals surface area contributed by atoms with Gasteiger partial charge >= 0.3 is 5.97 Å². The van der Waals surface area contributed by atoms with Gasteiger partial charge in [-0.05, 0) is 36.6 Å². The molecule has 0 unspecified atom stereocenters. The van der Waals surface area contributed by atoms with Crippen molar-refractivity contribution in [2.45, 2.75) is 38.7 Å². The summed E-state index contributed by atoms with van der Waals surface area (Å²) >= 11 is 0. The summed E-state index contributed by atoms with van der Waals surface area (Å²) in [7, 11) is 3.08. The van der Waals surface area contributed by atoms with Gasteiger partial charge in [0.2, 0.25) is 0 Å². The molecule has 0 aromatic heterocycles. The highest BCUT2D eigenvalue weighted by Crippen LogP contribution is 2.27. The summed E-state index contributed by atoms with van der Waals surface area (Å²) in [4.78, 5) is 24.6. The van der Waals surface area contributed by atoms with Crippen LogP contribution < -0.4 is 14.8 Å². The number of carbonyl (C=O) groups is 2. The molecule has 0 saturated heterocycles. The predicted molar refractivity (Wildman–Crippen MR) is 111 cm³/mol. The Morgan fingerprint density at radius 2 is 1.69 bits per heavy atom. The van der Waals surface area contributed by atoms with Crippen molar-refractivity contribution < 1.29 is 23.8 Å². The molecule has 0 spiro atoms. The number of hydrogen-bond donors (Lipinski definition) is 1. The lowest BCUT2D eigenvalue weighted by Gasteiger charge is -2.18. The van der Waals surface area contributed by atoms with Gasteiger partial charge in [-0.3, -0.25) is 9.59 Å². The first-order valence-corrected chi connectivity index (χ1v) is 9.71. The van der Waals surface area contributed by atoms with Crippen molar-refractivity contribution in [1.29, 1.82) is 0 Å². The standard InChI is InChI=1S/C23H29NO5/c1-5-18(19-9-7-6-8-10-19)15-24-23(26)16(2)29-22(25)14-17-11-12-20(27-3)21(13-17)28-4/h6-13,16,18H,5,14-15H2,1-4H3,(H,24,26)/t16-,18-/m0/s1. The summed E-state index contributed by atoms with van der Waals surface area (Å²) in [6, 6.07) is 15.2. The lowest BCUT2D eigenvalue weighted by Crippen LogP contribution is -2.38. The Bertz CT molecular complexity index is 806. The minimum Gasteiger partial charge on any atom is -0.493 e. The molecule has 2 aromatic carbocycles. The highest BCUT2D eigenvalue weighted by Gasteiger charge is 2.20. The number of nitrogens with one attached hydrogen (secondary N) is 1. The lowest BCUT2D eigenvalue weighted by molar-refractivity contribution is -0.154. The zero-order chi connectivity index (χ0) is 21.2. The lowest BCUT2D eigenvalue weighted by atomic mass is 9.96. The van der Waals surface area contributed by atoms with Gasteiger partial charge in [0.25, 0.3) is 5.91 Å². The van der Waals surface area contributed by atoms with Crippen LogP contribution in [-0.2, 0) is 20.7 Å². The van der Waals surface area contributed by atoms with Crippen LogP contribution in [0.25, 0.3) is 0 Å². The first-order chi connectivity index (χ1) is 14.0. The number of hydrogen-bond acceptors (Lipinski definition) is 5. The quantitative estimate of drug-likeness (QED) is 0.619. The normalized spacial score (nSPS) is 12.6. The minimum atomic E-state index is -0.865. The molecule has 1 amide bonds. The molecule has 0 saturated carbocycles. The second-order valence-corrected chi connectivity index (χ2v) is 6.76. The summed E-state index contributed by atoms with van der Waals surface area (Å²) in [5.41, 5.74) is 1.89. The molecule has 0 fully saturated rings. The zero-order valence-corrected chi connectivity index (χ0v) is 17.4. The monoisotopic (exact) mass is 399 g/mol. The Morgan fingerprint density at radius 1 is 1.00 bits per heavy atom. The van der Waals surface area contributed by atoms with E-state index in [1.54, 1.807) is 32.2 Å². The number of benzene rings is 2. The summed E-state index contributed by atoms with van der Waals surface area (Å²) in [6.07, 6.45) is 0.0769. The highest BCUT2D eigenvalue weighted by molar-refractivity contribution is 5.84. The van der Waals surface area contributed by atoms with E-state index >= 15 is 0 Å². The number of rotatable bonds is 10. The fourth-order valence-corrected chi connectivity index (χ4v) is 3.04. The molecule has 29 heavy (non-hydrogen) atoms. The molecular weight excluding hydrogens is 370 g/mol. The van der Waals surface area contributed by atoms with Gasteiger partial charge in [-0.25, -0.2) is 0 Å². The second-order valence-electron chi connectivity index (χ2n) is 6.76. The average molecular weight is 399 g/mol. The van der Waals surface area contributed by atoms with E-state index in [1.165, 1.54) is 12.7 Å². The molecule has 2 rings (SSSR count). The SMILES string of the molecule is CC[C@@H](CNC(=O)[C@H](C)OC(=O)Cc1ccc(OC)c(OC)c1)c1ccccc1. The summed E-state index contributed by atoms with van der Waals surface area (Å²) in [6.45, 7) is 4.15. The smallest absolute Gasteiger partial charge is 0.311 e. The van der Waals surface area contributed by atoms with E-state index in [0.29, 0.717) is 18.0 Å². The molecule has 2 atom stereocenters. The fraction of sp³-hybridized carbons (Fsp3) is 0.391. The number of amides is 1. The fourth-order valence-electron chi connectivity index (χ4n) is 3.04. The predicted octanol–water partition coefficient (Wildman–Crippen LogP) is 3.49. The van der Waals surface area contributed by atoms with E-state index in [2.05, 4.69) is 12.2 Å². The Labute approximate surface area is 172 Å². The third kappa shape index (κ3) is 6.52. The van der Waals surface area contributed by atoms with E-state index in [4.69, 9.17) is 14.2 Å². The zero-order valence-electron chi connectivity index (χ0n) is 17.4. The molecule has 1 N–H and O–H groups in total. The van der Waals surface area contributed by atoms with Gasteiger partial charge in [-0.1, -0.05) is 43.3 Å². The van der Waals surface area contributed by atoms with E-state index in [9.17, 15) is 9.59 Å². The van der Waals surface area contributed by atoms with Gasteiger partial charge in [0, 0.05) is 12.5 Å². The van der Waals surface area contributed by atoms with Crippen molar-refractivity contribution in [1.82, 2.24) is 5.32 Å². The number of methoxy groups -OCH3 is 2. The van der Waals surface area contributed by atoms with Gasteiger partial charge in [0.05, 0.1) is 20.6 Å². The number of carbonyl (C=O) groups excluding carboxylic acids is 2. The average Bonchev–Trinajstić information content (AvgIpc) is 2.74. The van der Waals surface area contributed by atoms with Gasteiger partial charge in [-0.2, -0.15) is 0 Å². The van der Waals surface area contributed by atoms with Crippen LogP contribution >= 0.6 is 0 Å². The first-order valence-electron chi connectivity index (χ1n) is 9.71. The van der Waals surface area contributed by atoms with E-state index in [0.717, 1.165) is 12.0 Å². The molecule has 0 bridgehead atoms. The van der Waals surface area contributed by atoms with Gasteiger partial charge in [0.1, 0.15) is 0 Å². The van der Waals surface area contributed by atoms with Crippen LogP contribution in [0.3, 0.4) is 0 Å². The molecule has 6 nitrogen and oxygen atoms in total. The summed E-state index contributed by atoms with van der Waals surface area (Å²) in [5, 5.41) is 2.88. The molecule has 0 aliphatic carbocycles. The molecule has 0 aliphatic heterocycles. The van der Waals surface area contributed by atoms with Gasteiger partial charge in [0.15, 0.2) is 17.6 Å². The maximum Gasteiger partial charge on any atom is 0.311 e. The number of ether oxygens (including phenoxy) is 3. The van der Waals surface area contributed by atoms with E-state index < -0.39 is 12.1 Å². The molecule has 0 radical (unpaired) electrons. The second kappa shape index (κ2) is 11.1. The third-order valence-electron chi connectivity index (χ3n) is 4.76. The molecule has 156 valence electrons.